The normalized spacial score (nSPS) is 11.2. The Kier molecular flexibility index (Phi) is 7.16. The van der Waals surface area contributed by atoms with Crippen molar-refractivity contribution >= 4 is 44.8 Å². The fraction of sp³-hybridized carbons (Fsp3) is 0.0385. The van der Waals surface area contributed by atoms with Crippen molar-refractivity contribution in [3.63, 3.8) is 0 Å². The van der Waals surface area contributed by atoms with Crippen LogP contribution in [0.3, 0.4) is 0 Å². The summed E-state index contributed by atoms with van der Waals surface area (Å²) in [6.07, 6.45) is 1.36. The summed E-state index contributed by atoms with van der Waals surface area (Å²) in [5.41, 5.74) is 8.43. The van der Waals surface area contributed by atoms with Crippen molar-refractivity contribution in [2.24, 2.45) is 5.14 Å². The van der Waals surface area contributed by atoms with Crippen LogP contribution >= 0.6 is 11.6 Å². The predicted molar refractivity (Wildman–Crippen MR) is 139 cm³/mol. The lowest BCUT2D eigenvalue weighted by Crippen LogP contribution is -2.17. The van der Waals surface area contributed by atoms with E-state index in [4.69, 9.17) is 22.5 Å². The predicted octanol–water partition coefficient (Wildman–Crippen LogP) is 4.31. The number of halogens is 1. The quantitative estimate of drug-likeness (QED) is 0.244. The Balaban J connectivity index is 1.56. The number of primary sulfonamides is 1. The standard InChI is InChI=1S/C26H21ClN4O4S/c27-19-10-12-25(30-15-19)31-26(33)22-14-20(28)11-9-18(22)13-23(32)17-7-5-16(6-8-17)21-3-1-2-4-24(21)36(29,34)35/h1-12,14-15H,13,28H2,(H2,29,34,35)(H,30,31,33). The molecule has 3 aromatic carbocycles. The van der Waals surface area contributed by atoms with E-state index in [0.717, 1.165) is 0 Å². The van der Waals surface area contributed by atoms with Crippen LogP contribution in [0.15, 0.2) is 90.0 Å². The number of nitrogens with one attached hydrogen (secondary N) is 1. The van der Waals surface area contributed by atoms with Crippen LogP contribution in [-0.4, -0.2) is 25.1 Å². The summed E-state index contributed by atoms with van der Waals surface area (Å²) in [5, 5.41) is 8.44. The number of anilines is 2. The number of pyridine rings is 1. The fourth-order valence-electron chi connectivity index (χ4n) is 3.66. The van der Waals surface area contributed by atoms with E-state index in [1.165, 1.54) is 18.3 Å². The molecule has 0 saturated heterocycles. The number of benzene rings is 3. The first-order valence-electron chi connectivity index (χ1n) is 10.7. The second-order valence-electron chi connectivity index (χ2n) is 7.95. The number of carbonyl (C=O) groups is 2. The summed E-state index contributed by atoms with van der Waals surface area (Å²) in [6, 6.07) is 20.8. The molecule has 1 amide bonds. The van der Waals surface area contributed by atoms with Crippen molar-refractivity contribution < 1.29 is 18.0 Å². The lowest BCUT2D eigenvalue weighted by molar-refractivity contribution is 0.0992. The number of nitrogens with two attached hydrogens (primary N) is 2. The van der Waals surface area contributed by atoms with Crippen molar-refractivity contribution in [1.29, 1.82) is 0 Å². The number of aromatic nitrogens is 1. The molecule has 5 N–H and O–H groups in total. The van der Waals surface area contributed by atoms with Gasteiger partial charge in [0.15, 0.2) is 5.78 Å². The first kappa shape index (κ1) is 25.1. The molecule has 10 heteroatoms. The van der Waals surface area contributed by atoms with E-state index >= 15 is 0 Å². The fourth-order valence-corrected chi connectivity index (χ4v) is 4.53. The Hall–Kier alpha value is -4.05. The molecule has 0 bridgehead atoms. The van der Waals surface area contributed by atoms with Gasteiger partial charge in [-0.3, -0.25) is 9.59 Å². The molecule has 0 unspecified atom stereocenters. The molecule has 0 aliphatic carbocycles. The summed E-state index contributed by atoms with van der Waals surface area (Å²) < 4.78 is 23.8. The number of hydrogen-bond acceptors (Lipinski definition) is 6. The lowest BCUT2D eigenvalue weighted by atomic mass is 9.96. The van der Waals surface area contributed by atoms with Crippen LogP contribution < -0.4 is 16.2 Å². The van der Waals surface area contributed by atoms with Gasteiger partial charge in [-0.15, -0.1) is 0 Å². The van der Waals surface area contributed by atoms with Gasteiger partial charge in [-0.05, 0) is 41.5 Å². The lowest BCUT2D eigenvalue weighted by Gasteiger charge is -2.11. The molecule has 182 valence electrons. The highest BCUT2D eigenvalue weighted by atomic mass is 35.5. The zero-order chi connectivity index (χ0) is 25.9. The third-order valence-electron chi connectivity index (χ3n) is 5.41. The van der Waals surface area contributed by atoms with Gasteiger partial charge in [0.05, 0.1) is 9.92 Å². The summed E-state index contributed by atoms with van der Waals surface area (Å²) in [6.45, 7) is 0. The van der Waals surface area contributed by atoms with E-state index in [-0.39, 0.29) is 22.7 Å². The minimum Gasteiger partial charge on any atom is -0.399 e. The number of Topliss-reactive ketones (excluding diaryl/α,β-unsaturated/α-hetero) is 1. The van der Waals surface area contributed by atoms with E-state index in [1.807, 2.05) is 0 Å². The number of carbonyl (C=O) groups excluding carboxylic acids is 2. The Morgan fingerprint density at radius 1 is 0.944 bits per heavy atom. The van der Waals surface area contributed by atoms with Crippen LogP contribution in [0.25, 0.3) is 11.1 Å². The molecule has 1 heterocycles. The second kappa shape index (κ2) is 10.3. The van der Waals surface area contributed by atoms with E-state index in [0.29, 0.717) is 38.8 Å². The van der Waals surface area contributed by atoms with Gasteiger partial charge >= 0.3 is 0 Å². The Labute approximate surface area is 213 Å². The van der Waals surface area contributed by atoms with E-state index in [9.17, 15) is 18.0 Å². The van der Waals surface area contributed by atoms with Gasteiger partial charge in [0.2, 0.25) is 10.0 Å². The largest absolute Gasteiger partial charge is 0.399 e. The van der Waals surface area contributed by atoms with Crippen molar-refractivity contribution in [1.82, 2.24) is 4.98 Å². The van der Waals surface area contributed by atoms with Crippen LogP contribution in [-0.2, 0) is 16.4 Å². The minimum atomic E-state index is -3.92. The zero-order valence-corrected chi connectivity index (χ0v) is 20.4. The number of nitrogen functional groups attached to an aromatic ring is 1. The molecule has 0 saturated carbocycles. The first-order chi connectivity index (χ1) is 17.1. The van der Waals surface area contributed by atoms with Crippen molar-refractivity contribution in [2.45, 2.75) is 11.3 Å². The third-order valence-corrected chi connectivity index (χ3v) is 6.60. The van der Waals surface area contributed by atoms with Gasteiger partial charge in [0, 0.05) is 35.0 Å². The molecular formula is C26H21ClN4O4S. The van der Waals surface area contributed by atoms with Gasteiger partial charge in [0.25, 0.3) is 5.91 Å². The van der Waals surface area contributed by atoms with Gasteiger partial charge in [0.1, 0.15) is 5.82 Å². The number of sulfonamides is 1. The zero-order valence-electron chi connectivity index (χ0n) is 18.8. The number of hydrogen-bond donors (Lipinski definition) is 3. The monoisotopic (exact) mass is 520 g/mol. The first-order valence-corrected chi connectivity index (χ1v) is 12.6. The summed E-state index contributed by atoms with van der Waals surface area (Å²) in [4.78, 5) is 30.0. The molecule has 4 aromatic rings. The maximum Gasteiger partial charge on any atom is 0.257 e. The number of amides is 1. The smallest absolute Gasteiger partial charge is 0.257 e. The van der Waals surface area contributed by atoms with E-state index < -0.39 is 15.9 Å². The Morgan fingerprint density at radius 3 is 2.33 bits per heavy atom. The SMILES string of the molecule is Nc1ccc(CC(=O)c2ccc(-c3ccccc3S(N)(=O)=O)cc2)c(C(=O)Nc2ccc(Cl)cn2)c1. The van der Waals surface area contributed by atoms with Crippen LogP contribution in [0.5, 0.6) is 0 Å². The maximum atomic E-state index is 13.0. The van der Waals surface area contributed by atoms with Crippen LogP contribution in [0, 0.1) is 0 Å². The van der Waals surface area contributed by atoms with Gasteiger partial charge in [-0.2, -0.15) is 0 Å². The van der Waals surface area contributed by atoms with E-state index in [1.54, 1.807) is 66.7 Å². The molecule has 4 rings (SSSR count). The molecule has 0 spiro atoms. The molecule has 0 atom stereocenters. The highest BCUT2D eigenvalue weighted by molar-refractivity contribution is 7.89. The number of nitrogens with zero attached hydrogens (tertiary/aromatic N) is 1. The van der Waals surface area contributed by atoms with Gasteiger partial charge in [-0.25, -0.2) is 18.5 Å². The number of ketones is 1. The van der Waals surface area contributed by atoms with Crippen molar-refractivity contribution in [3.05, 3.63) is 107 Å². The van der Waals surface area contributed by atoms with Crippen molar-refractivity contribution in [3.8, 4) is 11.1 Å². The average Bonchev–Trinajstić information content (AvgIpc) is 2.86. The average molecular weight is 521 g/mol. The molecule has 0 aliphatic heterocycles. The van der Waals surface area contributed by atoms with Crippen LogP contribution in [0.1, 0.15) is 26.3 Å². The molecule has 1 aromatic heterocycles. The molecule has 8 nitrogen and oxygen atoms in total. The molecule has 0 fully saturated rings. The second-order valence-corrected chi connectivity index (χ2v) is 9.92. The van der Waals surface area contributed by atoms with Crippen LogP contribution in [0.2, 0.25) is 5.02 Å². The summed E-state index contributed by atoms with van der Waals surface area (Å²) in [7, 11) is -3.92. The molecule has 0 aliphatic rings. The third kappa shape index (κ3) is 5.77. The highest BCUT2D eigenvalue weighted by Crippen LogP contribution is 2.27. The van der Waals surface area contributed by atoms with Crippen LogP contribution in [0.4, 0.5) is 11.5 Å². The molecular weight excluding hydrogens is 500 g/mol. The molecule has 36 heavy (non-hydrogen) atoms. The minimum absolute atomic E-state index is 0.00298. The van der Waals surface area contributed by atoms with Gasteiger partial charge < -0.3 is 11.1 Å². The number of rotatable bonds is 7. The van der Waals surface area contributed by atoms with E-state index in [2.05, 4.69) is 10.3 Å². The molecule has 0 radical (unpaired) electrons. The van der Waals surface area contributed by atoms with Crippen molar-refractivity contribution in [2.75, 3.05) is 11.1 Å². The Morgan fingerprint density at radius 2 is 1.67 bits per heavy atom. The highest BCUT2D eigenvalue weighted by Gasteiger charge is 2.18. The maximum absolute atomic E-state index is 13.0. The van der Waals surface area contributed by atoms with Gasteiger partial charge in [-0.1, -0.05) is 60.1 Å². The Bertz CT molecular complexity index is 1550. The summed E-state index contributed by atoms with van der Waals surface area (Å²) in [5.74, 6) is -0.390. The summed E-state index contributed by atoms with van der Waals surface area (Å²) >= 11 is 5.84. The topological polar surface area (TPSA) is 145 Å².